The van der Waals surface area contributed by atoms with Crippen LogP contribution in [-0.2, 0) is 9.53 Å². The number of carbonyl (C=O) groups is 1. The fourth-order valence-corrected chi connectivity index (χ4v) is 2.43. The van der Waals surface area contributed by atoms with Crippen molar-refractivity contribution in [1.29, 1.82) is 0 Å². The quantitative estimate of drug-likeness (QED) is 0.782. The molecule has 1 aliphatic rings. The Bertz CT molecular complexity index is 456. The van der Waals surface area contributed by atoms with Crippen LogP contribution in [0.2, 0.25) is 5.15 Å². The molecule has 1 aliphatic heterocycles. The highest BCUT2D eigenvalue weighted by molar-refractivity contribution is 6.29. The topological polar surface area (TPSA) is 55.3 Å². The normalized spacial score (nSPS) is 16.3. The number of hydrogen-bond donors (Lipinski definition) is 0. The Balaban J connectivity index is 1.75. The summed E-state index contributed by atoms with van der Waals surface area (Å²) in [6.07, 6.45) is 3.09. The number of hydrogen-bond acceptors (Lipinski definition) is 5. The standard InChI is InChI=1S/C15H22ClN3O2/c1-11(2)3-6-15(20)21-12-7-9-19(10-8-12)14-5-4-13(16)17-18-14/h4-5,11-12H,3,6-10H2,1-2H3. The Kier molecular flexibility index (Phi) is 5.79. The van der Waals surface area contributed by atoms with Crippen molar-refractivity contribution in [1.82, 2.24) is 10.2 Å². The van der Waals surface area contributed by atoms with Gasteiger partial charge in [-0.25, -0.2) is 0 Å². The molecule has 0 unspecified atom stereocenters. The zero-order valence-corrected chi connectivity index (χ0v) is 13.3. The molecule has 1 saturated heterocycles. The first-order chi connectivity index (χ1) is 10.0. The van der Waals surface area contributed by atoms with Gasteiger partial charge in [-0.05, 0) is 24.5 Å². The largest absolute Gasteiger partial charge is 0.462 e. The third-order valence-electron chi connectivity index (χ3n) is 3.61. The lowest BCUT2D eigenvalue weighted by Gasteiger charge is -2.32. The van der Waals surface area contributed by atoms with E-state index in [2.05, 4.69) is 28.9 Å². The molecule has 0 aromatic carbocycles. The summed E-state index contributed by atoms with van der Waals surface area (Å²) in [4.78, 5) is 13.9. The zero-order valence-electron chi connectivity index (χ0n) is 12.6. The van der Waals surface area contributed by atoms with Gasteiger partial charge in [0.2, 0.25) is 0 Å². The minimum absolute atomic E-state index is 0.0289. The molecular formula is C15H22ClN3O2. The van der Waals surface area contributed by atoms with Crippen molar-refractivity contribution in [3.05, 3.63) is 17.3 Å². The van der Waals surface area contributed by atoms with E-state index in [1.54, 1.807) is 6.07 Å². The molecule has 0 saturated carbocycles. The van der Waals surface area contributed by atoms with Gasteiger partial charge in [-0.2, -0.15) is 0 Å². The van der Waals surface area contributed by atoms with Crippen molar-refractivity contribution in [2.45, 2.75) is 45.6 Å². The van der Waals surface area contributed by atoms with Crippen LogP contribution in [0.25, 0.3) is 0 Å². The Hall–Kier alpha value is -1.36. The highest BCUT2D eigenvalue weighted by Gasteiger charge is 2.23. The number of halogens is 1. The number of esters is 1. The lowest BCUT2D eigenvalue weighted by molar-refractivity contribution is -0.150. The average molecular weight is 312 g/mol. The van der Waals surface area contributed by atoms with Crippen LogP contribution in [0.4, 0.5) is 5.82 Å². The van der Waals surface area contributed by atoms with Gasteiger partial charge in [-0.3, -0.25) is 4.79 Å². The molecule has 0 aliphatic carbocycles. The van der Waals surface area contributed by atoms with Crippen molar-refractivity contribution in [2.24, 2.45) is 5.92 Å². The highest BCUT2D eigenvalue weighted by atomic mass is 35.5. The van der Waals surface area contributed by atoms with E-state index >= 15 is 0 Å². The maximum Gasteiger partial charge on any atom is 0.306 e. The van der Waals surface area contributed by atoms with Crippen LogP contribution in [0.3, 0.4) is 0 Å². The van der Waals surface area contributed by atoms with Gasteiger partial charge in [-0.1, -0.05) is 25.4 Å². The van der Waals surface area contributed by atoms with Gasteiger partial charge in [0.1, 0.15) is 6.10 Å². The summed E-state index contributed by atoms with van der Waals surface area (Å²) in [5, 5.41) is 8.32. The molecule has 1 fully saturated rings. The molecule has 0 atom stereocenters. The van der Waals surface area contributed by atoms with Crippen molar-refractivity contribution in [2.75, 3.05) is 18.0 Å². The van der Waals surface area contributed by atoms with Crippen LogP contribution in [0.5, 0.6) is 0 Å². The minimum Gasteiger partial charge on any atom is -0.462 e. The molecule has 0 N–H and O–H groups in total. The fraction of sp³-hybridized carbons (Fsp3) is 0.667. The zero-order chi connectivity index (χ0) is 15.2. The van der Waals surface area contributed by atoms with Gasteiger partial charge in [0, 0.05) is 32.4 Å². The smallest absolute Gasteiger partial charge is 0.306 e. The van der Waals surface area contributed by atoms with E-state index in [1.807, 2.05) is 6.07 Å². The number of rotatable bonds is 5. The number of carbonyl (C=O) groups excluding carboxylic acids is 1. The first kappa shape index (κ1) is 16.0. The lowest BCUT2D eigenvalue weighted by atomic mass is 10.1. The maximum absolute atomic E-state index is 11.7. The average Bonchev–Trinajstić information content (AvgIpc) is 2.47. The van der Waals surface area contributed by atoms with Crippen LogP contribution >= 0.6 is 11.6 Å². The van der Waals surface area contributed by atoms with Crippen molar-refractivity contribution < 1.29 is 9.53 Å². The van der Waals surface area contributed by atoms with E-state index < -0.39 is 0 Å². The highest BCUT2D eigenvalue weighted by Crippen LogP contribution is 2.20. The summed E-state index contributed by atoms with van der Waals surface area (Å²) in [5.74, 6) is 1.28. The number of nitrogens with zero attached hydrogens (tertiary/aromatic N) is 3. The van der Waals surface area contributed by atoms with E-state index in [-0.39, 0.29) is 12.1 Å². The number of ether oxygens (including phenoxy) is 1. The number of aromatic nitrogens is 2. The van der Waals surface area contributed by atoms with E-state index in [0.717, 1.165) is 38.2 Å². The first-order valence-corrected chi connectivity index (χ1v) is 7.86. The van der Waals surface area contributed by atoms with E-state index in [1.165, 1.54) is 0 Å². The SMILES string of the molecule is CC(C)CCC(=O)OC1CCN(c2ccc(Cl)nn2)CC1. The summed E-state index contributed by atoms with van der Waals surface area (Å²) in [5.41, 5.74) is 0. The summed E-state index contributed by atoms with van der Waals surface area (Å²) in [6.45, 7) is 5.86. The third-order valence-corrected chi connectivity index (χ3v) is 3.81. The lowest BCUT2D eigenvalue weighted by Crippen LogP contribution is -2.38. The second kappa shape index (κ2) is 7.59. The van der Waals surface area contributed by atoms with Crippen LogP contribution in [-0.4, -0.2) is 35.4 Å². The Labute approximate surface area is 130 Å². The summed E-state index contributed by atoms with van der Waals surface area (Å²) in [7, 11) is 0. The molecule has 6 heteroatoms. The number of piperidine rings is 1. The molecule has 0 spiro atoms. The summed E-state index contributed by atoms with van der Waals surface area (Å²) >= 11 is 5.73. The van der Waals surface area contributed by atoms with Crippen molar-refractivity contribution in [3.63, 3.8) is 0 Å². The third kappa shape index (κ3) is 5.16. The molecule has 2 rings (SSSR count). The summed E-state index contributed by atoms with van der Waals surface area (Å²) < 4.78 is 5.52. The van der Waals surface area contributed by atoms with E-state index in [9.17, 15) is 4.79 Å². The molecule has 0 amide bonds. The second-order valence-corrected chi connectivity index (χ2v) is 6.21. The summed E-state index contributed by atoms with van der Waals surface area (Å²) in [6, 6.07) is 3.60. The van der Waals surface area contributed by atoms with E-state index in [4.69, 9.17) is 16.3 Å². The predicted octanol–water partition coefficient (Wildman–Crippen LogP) is 3.08. The van der Waals surface area contributed by atoms with Gasteiger partial charge < -0.3 is 9.64 Å². The molecule has 1 aromatic heterocycles. The Morgan fingerprint density at radius 1 is 1.38 bits per heavy atom. The second-order valence-electron chi connectivity index (χ2n) is 5.82. The molecule has 21 heavy (non-hydrogen) atoms. The van der Waals surface area contributed by atoms with Crippen LogP contribution < -0.4 is 4.90 Å². The van der Waals surface area contributed by atoms with Crippen molar-refractivity contribution >= 4 is 23.4 Å². The van der Waals surface area contributed by atoms with Gasteiger partial charge in [-0.15, -0.1) is 10.2 Å². The molecule has 116 valence electrons. The van der Waals surface area contributed by atoms with Crippen LogP contribution in [0.1, 0.15) is 39.5 Å². The van der Waals surface area contributed by atoms with Gasteiger partial charge in [0.25, 0.3) is 0 Å². The minimum atomic E-state index is -0.0755. The molecule has 0 bridgehead atoms. The molecule has 1 aromatic rings. The Morgan fingerprint density at radius 3 is 2.67 bits per heavy atom. The van der Waals surface area contributed by atoms with Crippen LogP contribution in [0.15, 0.2) is 12.1 Å². The van der Waals surface area contributed by atoms with Crippen LogP contribution in [0, 0.1) is 5.92 Å². The number of anilines is 1. The van der Waals surface area contributed by atoms with E-state index in [0.29, 0.717) is 17.5 Å². The van der Waals surface area contributed by atoms with Gasteiger partial charge in [0.05, 0.1) is 0 Å². The fourth-order valence-electron chi connectivity index (χ4n) is 2.33. The first-order valence-electron chi connectivity index (χ1n) is 7.48. The monoisotopic (exact) mass is 311 g/mol. The van der Waals surface area contributed by atoms with Gasteiger partial charge in [0.15, 0.2) is 11.0 Å². The molecule has 0 radical (unpaired) electrons. The van der Waals surface area contributed by atoms with Gasteiger partial charge >= 0.3 is 5.97 Å². The molecular weight excluding hydrogens is 290 g/mol. The molecule has 2 heterocycles. The van der Waals surface area contributed by atoms with Crippen molar-refractivity contribution in [3.8, 4) is 0 Å². The Morgan fingerprint density at radius 2 is 2.10 bits per heavy atom. The predicted molar refractivity (Wildman–Crippen MR) is 82.4 cm³/mol. The molecule has 5 nitrogen and oxygen atoms in total. The maximum atomic E-state index is 11.7.